The van der Waals surface area contributed by atoms with Crippen molar-refractivity contribution in [3.8, 4) is 5.88 Å². The number of ether oxygens (including phenoxy) is 2. The van der Waals surface area contributed by atoms with Gasteiger partial charge in [-0.3, -0.25) is 0 Å². The molecule has 9 nitrogen and oxygen atoms in total. The molecule has 5 aromatic rings. The zero-order valence-corrected chi connectivity index (χ0v) is 28.2. The van der Waals surface area contributed by atoms with Gasteiger partial charge in [-0.05, 0) is 77.5 Å². The van der Waals surface area contributed by atoms with Crippen molar-refractivity contribution in [2.24, 2.45) is 4.36 Å². The molecule has 2 amide bonds. The minimum Gasteiger partial charge on any atom is -0.475 e. The van der Waals surface area contributed by atoms with Gasteiger partial charge in [0.05, 0.1) is 12.8 Å². The predicted molar refractivity (Wildman–Crippen MR) is 189 cm³/mol. The van der Waals surface area contributed by atoms with Crippen molar-refractivity contribution < 1.29 is 18.5 Å². The number of urea groups is 1. The molecule has 49 heavy (non-hydrogen) atoms. The van der Waals surface area contributed by atoms with E-state index < -0.39 is 21.5 Å². The molecule has 3 aliphatic rings. The van der Waals surface area contributed by atoms with E-state index in [1.807, 2.05) is 91.0 Å². The van der Waals surface area contributed by atoms with E-state index in [0.29, 0.717) is 19.1 Å². The van der Waals surface area contributed by atoms with Crippen molar-refractivity contribution in [3.63, 3.8) is 0 Å². The van der Waals surface area contributed by atoms with Gasteiger partial charge in [0.1, 0.15) is 23.1 Å². The summed E-state index contributed by atoms with van der Waals surface area (Å²) in [5, 5.41) is 7.75. The highest BCUT2D eigenvalue weighted by Crippen LogP contribution is 2.42. The molecule has 2 N–H and O–H groups in total. The van der Waals surface area contributed by atoms with Crippen LogP contribution in [0, 0.1) is 0 Å². The average molecular weight is 674 g/mol. The lowest BCUT2D eigenvalue weighted by Gasteiger charge is -2.37. The van der Waals surface area contributed by atoms with Crippen LogP contribution in [0.1, 0.15) is 57.8 Å². The summed E-state index contributed by atoms with van der Waals surface area (Å²) in [7, 11) is -2.20. The third kappa shape index (κ3) is 5.53. The Morgan fingerprint density at radius 3 is 1.98 bits per heavy atom. The van der Waals surface area contributed by atoms with Crippen LogP contribution in [0.15, 0.2) is 113 Å². The van der Waals surface area contributed by atoms with Crippen LogP contribution in [-0.2, 0) is 45.9 Å². The zero-order chi connectivity index (χ0) is 33.4. The van der Waals surface area contributed by atoms with Gasteiger partial charge in [-0.25, -0.2) is 18.4 Å². The van der Waals surface area contributed by atoms with Gasteiger partial charge in [0.15, 0.2) is 9.92 Å². The number of fused-ring (bicyclic) bond motifs is 3. The Bertz CT molecular complexity index is 2000. The lowest BCUT2D eigenvalue weighted by molar-refractivity contribution is 0.145. The summed E-state index contributed by atoms with van der Waals surface area (Å²) in [6.07, 6.45) is 7.40. The van der Waals surface area contributed by atoms with Crippen molar-refractivity contribution in [2.75, 3.05) is 25.6 Å². The quantitative estimate of drug-likeness (QED) is 0.164. The van der Waals surface area contributed by atoms with Crippen LogP contribution in [0.4, 0.5) is 10.5 Å². The molecule has 0 radical (unpaired) electrons. The SMILES string of the molecule is COCC1COc2c(S(=O)(=NC(=O)Nc3c4c(cc5c3CCC5)CCC4)NC(c3ccccc3)(c3ccccc3)c3ccccc3)cnn21. The van der Waals surface area contributed by atoms with Crippen molar-refractivity contribution in [3.05, 3.63) is 142 Å². The van der Waals surface area contributed by atoms with Crippen molar-refractivity contribution >= 4 is 21.6 Å². The monoisotopic (exact) mass is 673 g/mol. The number of benzene rings is 4. The first kappa shape index (κ1) is 31.5. The predicted octanol–water partition coefficient (Wildman–Crippen LogP) is 7.00. The Kier molecular flexibility index (Phi) is 8.31. The van der Waals surface area contributed by atoms with E-state index in [0.717, 1.165) is 60.9 Å². The number of methoxy groups -OCH3 is 1. The molecule has 0 fully saturated rings. The van der Waals surface area contributed by atoms with Crippen LogP contribution in [0.2, 0.25) is 0 Å². The first-order chi connectivity index (χ1) is 24.0. The molecular formula is C39H39N5O4S. The van der Waals surface area contributed by atoms with Crippen molar-refractivity contribution in [1.82, 2.24) is 14.5 Å². The number of hydrogen-bond donors (Lipinski definition) is 2. The van der Waals surface area contributed by atoms with E-state index in [1.165, 1.54) is 28.5 Å². The highest BCUT2D eigenvalue weighted by atomic mass is 32.2. The molecule has 1 aliphatic heterocycles. The Balaban J connectivity index is 1.33. The number of amides is 2. The van der Waals surface area contributed by atoms with Gasteiger partial charge in [0.2, 0.25) is 5.88 Å². The van der Waals surface area contributed by atoms with Gasteiger partial charge in [0.25, 0.3) is 0 Å². The number of hydrogen-bond acceptors (Lipinski definition) is 5. The maximum absolute atomic E-state index is 16.0. The maximum atomic E-state index is 16.0. The third-order valence-electron chi connectivity index (χ3n) is 9.96. The Morgan fingerprint density at radius 2 is 1.45 bits per heavy atom. The second-order valence-electron chi connectivity index (χ2n) is 12.9. The average Bonchev–Trinajstić information content (AvgIpc) is 3.95. The number of aryl methyl sites for hydroxylation is 2. The van der Waals surface area contributed by atoms with Crippen LogP contribution in [0.25, 0.3) is 0 Å². The Morgan fingerprint density at radius 1 is 0.898 bits per heavy atom. The summed E-state index contributed by atoms with van der Waals surface area (Å²) in [5.74, 6) is 0.306. The fourth-order valence-corrected chi connectivity index (χ4v) is 9.65. The maximum Gasteiger partial charge on any atom is 0.354 e. The molecule has 0 spiro atoms. The molecule has 4 aromatic carbocycles. The molecule has 10 heteroatoms. The van der Waals surface area contributed by atoms with E-state index >= 15 is 4.21 Å². The summed E-state index contributed by atoms with van der Waals surface area (Å²) in [6, 6.07) is 31.0. The highest BCUT2D eigenvalue weighted by molar-refractivity contribution is 7.92. The smallest absolute Gasteiger partial charge is 0.354 e. The van der Waals surface area contributed by atoms with Crippen LogP contribution >= 0.6 is 0 Å². The Hall–Kier alpha value is -4.77. The lowest BCUT2D eigenvalue weighted by Crippen LogP contribution is -2.48. The Labute approximate surface area is 287 Å². The van der Waals surface area contributed by atoms with Crippen LogP contribution < -0.4 is 14.8 Å². The summed E-state index contributed by atoms with van der Waals surface area (Å²) in [4.78, 5) is 14.5. The van der Waals surface area contributed by atoms with E-state index in [-0.39, 0.29) is 10.9 Å². The van der Waals surface area contributed by atoms with E-state index in [2.05, 4.69) is 25.6 Å². The second-order valence-corrected chi connectivity index (χ2v) is 14.8. The second kappa shape index (κ2) is 12.9. The topological polar surface area (TPSA) is 107 Å². The van der Waals surface area contributed by atoms with Crippen LogP contribution in [0.3, 0.4) is 0 Å². The minimum atomic E-state index is -3.82. The summed E-state index contributed by atoms with van der Waals surface area (Å²) >= 11 is 0. The first-order valence-electron chi connectivity index (χ1n) is 16.9. The molecule has 2 unspecified atom stereocenters. The van der Waals surface area contributed by atoms with Crippen molar-refractivity contribution in [2.45, 2.75) is 55.0 Å². The number of aromatic nitrogens is 2. The van der Waals surface area contributed by atoms with Gasteiger partial charge in [-0.2, -0.15) is 5.10 Å². The van der Waals surface area contributed by atoms with Crippen LogP contribution in [0.5, 0.6) is 5.88 Å². The van der Waals surface area contributed by atoms with Gasteiger partial charge in [-0.1, -0.05) is 97.1 Å². The van der Waals surface area contributed by atoms with Gasteiger partial charge in [-0.15, -0.1) is 4.36 Å². The number of rotatable bonds is 9. The summed E-state index contributed by atoms with van der Waals surface area (Å²) < 4.78 is 37.4. The minimum absolute atomic E-state index is 0.206. The molecule has 0 saturated heterocycles. The largest absolute Gasteiger partial charge is 0.475 e. The molecule has 2 aliphatic carbocycles. The first-order valence-corrected chi connectivity index (χ1v) is 18.4. The van der Waals surface area contributed by atoms with E-state index in [4.69, 9.17) is 9.47 Å². The normalized spacial score (nSPS) is 17.4. The number of carbonyl (C=O) groups is 1. The molecule has 8 rings (SSSR count). The standard InChI is InChI=1S/C39H39N5O4S/c1-47-25-32-26-48-37-35(24-40-44(32)37)49(46,42-38(45)41-36-33-21-11-13-27(33)23-28-14-12-22-34(28)36)43-39(29-15-5-2-6-16-29,30-17-7-3-8-18-30)31-19-9-4-10-20-31/h2-10,15-20,23-24,32H,11-14,21-22,25-26H2,1H3,(H2,41,42,43,45,46). The molecule has 0 bridgehead atoms. The highest BCUT2D eigenvalue weighted by Gasteiger charge is 2.43. The molecule has 2 atom stereocenters. The molecule has 1 aromatic heterocycles. The fraction of sp³-hybridized carbons (Fsp3) is 0.282. The van der Waals surface area contributed by atoms with E-state index in [1.54, 1.807) is 11.8 Å². The van der Waals surface area contributed by atoms with Crippen molar-refractivity contribution in [1.29, 1.82) is 0 Å². The number of nitrogens with zero attached hydrogens (tertiary/aromatic N) is 3. The fourth-order valence-electron chi connectivity index (χ4n) is 7.77. The number of carbonyl (C=O) groups excluding carboxylic acids is 1. The van der Waals surface area contributed by atoms with E-state index in [9.17, 15) is 4.79 Å². The zero-order valence-electron chi connectivity index (χ0n) is 27.4. The third-order valence-corrected chi connectivity index (χ3v) is 11.8. The molecular weight excluding hydrogens is 635 g/mol. The lowest BCUT2D eigenvalue weighted by atomic mass is 9.78. The molecule has 250 valence electrons. The summed E-state index contributed by atoms with van der Waals surface area (Å²) in [5.41, 5.74) is 7.07. The summed E-state index contributed by atoms with van der Waals surface area (Å²) in [6.45, 7) is 0.668. The number of nitrogens with one attached hydrogen (secondary N) is 2. The molecule has 0 saturated carbocycles. The van der Waals surface area contributed by atoms with Gasteiger partial charge >= 0.3 is 6.03 Å². The van der Waals surface area contributed by atoms with Gasteiger partial charge in [0, 0.05) is 12.8 Å². The number of anilines is 1. The van der Waals surface area contributed by atoms with Gasteiger partial charge < -0.3 is 14.8 Å². The molecule has 2 heterocycles. The van der Waals surface area contributed by atoms with Crippen LogP contribution in [-0.4, -0.2) is 40.3 Å².